The summed E-state index contributed by atoms with van der Waals surface area (Å²) in [6, 6.07) is 19.5. The van der Waals surface area contributed by atoms with Gasteiger partial charge < -0.3 is 10.6 Å². The summed E-state index contributed by atoms with van der Waals surface area (Å²) in [4.78, 5) is 16.7. The van der Waals surface area contributed by atoms with Crippen LogP contribution >= 0.6 is 0 Å². The molecule has 0 bridgehead atoms. The van der Waals surface area contributed by atoms with E-state index in [0.29, 0.717) is 17.8 Å². The zero-order valence-electron chi connectivity index (χ0n) is 13.5. The van der Waals surface area contributed by atoms with Crippen molar-refractivity contribution in [3.05, 3.63) is 89.7 Å². The van der Waals surface area contributed by atoms with E-state index in [9.17, 15) is 4.79 Å². The minimum atomic E-state index is -0.156. The predicted molar refractivity (Wildman–Crippen MR) is 97.1 cm³/mol. The second-order valence-electron chi connectivity index (χ2n) is 5.58. The number of nitrogens with zero attached hydrogens (tertiary/aromatic N) is 1. The summed E-state index contributed by atoms with van der Waals surface area (Å²) in [5.41, 5.74) is 4.36. The molecule has 0 aliphatic carbocycles. The molecule has 3 rings (SSSR count). The first-order chi connectivity index (χ1) is 11.7. The third-order valence-corrected chi connectivity index (χ3v) is 3.70. The minimum absolute atomic E-state index is 0.156. The number of aryl methyl sites for hydroxylation is 1. The van der Waals surface area contributed by atoms with Gasteiger partial charge in [-0.3, -0.25) is 9.78 Å². The Hall–Kier alpha value is -3.14. The minimum Gasteiger partial charge on any atom is -0.379 e. The number of carbonyl (C=O) groups is 1. The van der Waals surface area contributed by atoms with Crippen LogP contribution < -0.4 is 10.6 Å². The van der Waals surface area contributed by atoms with E-state index < -0.39 is 0 Å². The molecule has 0 saturated heterocycles. The summed E-state index contributed by atoms with van der Waals surface area (Å²) in [7, 11) is 0. The van der Waals surface area contributed by atoms with E-state index in [1.54, 1.807) is 18.5 Å². The molecule has 4 nitrogen and oxygen atoms in total. The molecule has 0 radical (unpaired) electrons. The van der Waals surface area contributed by atoms with Crippen LogP contribution in [-0.2, 0) is 6.54 Å². The van der Waals surface area contributed by atoms with Gasteiger partial charge >= 0.3 is 0 Å². The lowest BCUT2D eigenvalue weighted by atomic mass is 10.1. The number of amides is 1. The van der Waals surface area contributed by atoms with Crippen molar-refractivity contribution in [1.29, 1.82) is 0 Å². The fourth-order valence-electron chi connectivity index (χ4n) is 2.36. The molecule has 0 saturated carbocycles. The lowest BCUT2D eigenvalue weighted by Gasteiger charge is -2.12. The molecule has 1 heterocycles. The van der Waals surface area contributed by atoms with Gasteiger partial charge in [0.15, 0.2) is 0 Å². The van der Waals surface area contributed by atoms with Gasteiger partial charge in [0.25, 0.3) is 5.91 Å². The molecule has 1 amide bonds. The highest BCUT2D eigenvalue weighted by atomic mass is 16.1. The van der Waals surface area contributed by atoms with Crippen LogP contribution in [0.15, 0.2) is 73.1 Å². The zero-order valence-corrected chi connectivity index (χ0v) is 13.5. The van der Waals surface area contributed by atoms with Crippen LogP contribution in [0.2, 0.25) is 0 Å². The molecule has 2 aromatic carbocycles. The maximum Gasteiger partial charge on any atom is 0.257 e. The van der Waals surface area contributed by atoms with E-state index in [1.807, 2.05) is 61.5 Å². The van der Waals surface area contributed by atoms with Crippen molar-refractivity contribution >= 4 is 17.3 Å². The van der Waals surface area contributed by atoms with Gasteiger partial charge in [0, 0.05) is 18.4 Å². The van der Waals surface area contributed by atoms with E-state index in [2.05, 4.69) is 15.6 Å². The Balaban J connectivity index is 1.73. The molecular formula is C20H19N3O. The first kappa shape index (κ1) is 15.7. The second kappa shape index (κ2) is 7.42. The van der Waals surface area contributed by atoms with Gasteiger partial charge in [0.2, 0.25) is 0 Å². The van der Waals surface area contributed by atoms with Gasteiger partial charge in [-0.05, 0) is 30.7 Å². The van der Waals surface area contributed by atoms with Crippen molar-refractivity contribution in [2.45, 2.75) is 13.5 Å². The maximum atomic E-state index is 12.6. The Morgan fingerprint density at radius 1 is 1.00 bits per heavy atom. The van der Waals surface area contributed by atoms with E-state index in [4.69, 9.17) is 0 Å². The van der Waals surface area contributed by atoms with Gasteiger partial charge in [-0.25, -0.2) is 0 Å². The fraction of sp³-hybridized carbons (Fsp3) is 0.100. The summed E-state index contributed by atoms with van der Waals surface area (Å²) in [6.45, 7) is 2.65. The molecule has 1 aromatic heterocycles. The van der Waals surface area contributed by atoms with Crippen LogP contribution in [0.4, 0.5) is 11.4 Å². The average Bonchev–Trinajstić information content (AvgIpc) is 2.63. The Labute approximate surface area is 141 Å². The van der Waals surface area contributed by atoms with Gasteiger partial charge in [0.05, 0.1) is 17.4 Å². The van der Waals surface area contributed by atoms with Crippen molar-refractivity contribution in [1.82, 2.24) is 4.98 Å². The summed E-state index contributed by atoms with van der Waals surface area (Å²) >= 11 is 0. The predicted octanol–water partition coefficient (Wildman–Crippen LogP) is 4.25. The molecule has 3 aromatic rings. The number of carbonyl (C=O) groups excluding carboxylic acids is 1. The largest absolute Gasteiger partial charge is 0.379 e. The molecule has 0 fully saturated rings. The standard InChI is InChI=1S/C20H19N3O/c1-15-7-9-17(10-8-15)23-20(24)18-11-12-21-14-19(18)22-13-16-5-3-2-4-6-16/h2-12,14,22H,13H2,1H3,(H,23,24). The Morgan fingerprint density at radius 2 is 1.75 bits per heavy atom. The molecule has 0 spiro atoms. The van der Waals surface area contributed by atoms with Crippen molar-refractivity contribution in [2.24, 2.45) is 0 Å². The first-order valence-corrected chi connectivity index (χ1v) is 7.82. The number of hydrogen-bond donors (Lipinski definition) is 2. The van der Waals surface area contributed by atoms with Crippen LogP contribution in [-0.4, -0.2) is 10.9 Å². The molecular weight excluding hydrogens is 298 g/mol. The third-order valence-electron chi connectivity index (χ3n) is 3.70. The molecule has 120 valence electrons. The smallest absolute Gasteiger partial charge is 0.257 e. The zero-order chi connectivity index (χ0) is 16.8. The maximum absolute atomic E-state index is 12.6. The summed E-state index contributed by atoms with van der Waals surface area (Å²) in [6.07, 6.45) is 3.30. The Bertz CT molecular complexity index is 814. The lowest BCUT2D eigenvalue weighted by Crippen LogP contribution is -2.15. The van der Waals surface area contributed by atoms with Crippen molar-refractivity contribution in [2.75, 3.05) is 10.6 Å². The average molecular weight is 317 g/mol. The molecule has 0 atom stereocenters. The quantitative estimate of drug-likeness (QED) is 0.739. The van der Waals surface area contributed by atoms with E-state index in [-0.39, 0.29) is 5.91 Å². The molecule has 4 heteroatoms. The number of anilines is 2. The van der Waals surface area contributed by atoms with E-state index >= 15 is 0 Å². The second-order valence-corrected chi connectivity index (χ2v) is 5.58. The van der Waals surface area contributed by atoms with E-state index in [1.165, 1.54) is 0 Å². The normalized spacial score (nSPS) is 10.2. The summed E-state index contributed by atoms with van der Waals surface area (Å²) in [5.74, 6) is -0.156. The molecule has 2 N–H and O–H groups in total. The Morgan fingerprint density at radius 3 is 2.50 bits per heavy atom. The van der Waals surface area contributed by atoms with Gasteiger partial charge in [0.1, 0.15) is 0 Å². The first-order valence-electron chi connectivity index (χ1n) is 7.82. The number of benzene rings is 2. The highest BCUT2D eigenvalue weighted by Crippen LogP contribution is 2.17. The molecule has 0 aliphatic rings. The van der Waals surface area contributed by atoms with Crippen molar-refractivity contribution < 1.29 is 4.79 Å². The van der Waals surface area contributed by atoms with Crippen LogP contribution in [0, 0.1) is 6.92 Å². The van der Waals surface area contributed by atoms with Crippen LogP contribution in [0.25, 0.3) is 0 Å². The summed E-state index contributed by atoms with van der Waals surface area (Å²) < 4.78 is 0. The highest BCUT2D eigenvalue weighted by molar-refractivity contribution is 6.07. The SMILES string of the molecule is Cc1ccc(NC(=O)c2ccncc2NCc2ccccc2)cc1. The Kier molecular flexibility index (Phi) is 4.87. The third kappa shape index (κ3) is 3.98. The molecule has 0 aliphatic heterocycles. The number of nitrogens with one attached hydrogen (secondary N) is 2. The van der Waals surface area contributed by atoms with Gasteiger partial charge in [-0.15, -0.1) is 0 Å². The van der Waals surface area contributed by atoms with Crippen molar-refractivity contribution in [3.63, 3.8) is 0 Å². The number of hydrogen-bond acceptors (Lipinski definition) is 3. The molecule has 24 heavy (non-hydrogen) atoms. The summed E-state index contributed by atoms with van der Waals surface area (Å²) in [5, 5.41) is 6.20. The van der Waals surface area contributed by atoms with Crippen molar-refractivity contribution in [3.8, 4) is 0 Å². The number of aromatic nitrogens is 1. The van der Waals surface area contributed by atoms with Gasteiger partial charge in [-0.1, -0.05) is 48.0 Å². The van der Waals surface area contributed by atoms with Crippen LogP contribution in [0.5, 0.6) is 0 Å². The van der Waals surface area contributed by atoms with E-state index in [0.717, 1.165) is 16.8 Å². The van der Waals surface area contributed by atoms with Crippen LogP contribution in [0.3, 0.4) is 0 Å². The lowest BCUT2D eigenvalue weighted by molar-refractivity contribution is 0.102. The highest BCUT2D eigenvalue weighted by Gasteiger charge is 2.11. The number of rotatable bonds is 5. The molecule has 0 unspecified atom stereocenters. The van der Waals surface area contributed by atoms with Gasteiger partial charge in [-0.2, -0.15) is 0 Å². The monoisotopic (exact) mass is 317 g/mol. The number of pyridine rings is 1. The van der Waals surface area contributed by atoms with Crippen LogP contribution in [0.1, 0.15) is 21.5 Å². The fourth-order valence-corrected chi connectivity index (χ4v) is 2.36. The topological polar surface area (TPSA) is 54.0 Å².